The molecule has 0 aliphatic carbocycles. The SMILES string of the molecule is CC(C)Oc1cccc(C(N)CC(=O)O)c1.Cl. The second-order valence-electron chi connectivity index (χ2n) is 3.94. The Kier molecular flexibility index (Phi) is 6.61. The van der Waals surface area contributed by atoms with Gasteiger partial charge in [-0.3, -0.25) is 4.79 Å². The van der Waals surface area contributed by atoms with Gasteiger partial charge in [-0.25, -0.2) is 0 Å². The Balaban J connectivity index is 0.00000256. The van der Waals surface area contributed by atoms with E-state index >= 15 is 0 Å². The summed E-state index contributed by atoms with van der Waals surface area (Å²) in [5.41, 5.74) is 6.54. The first kappa shape index (κ1) is 15.7. The van der Waals surface area contributed by atoms with Crippen molar-refractivity contribution in [3.8, 4) is 5.75 Å². The molecule has 0 aliphatic heterocycles. The summed E-state index contributed by atoms with van der Waals surface area (Å²) < 4.78 is 5.51. The van der Waals surface area contributed by atoms with Gasteiger partial charge in [-0.2, -0.15) is 0 Å². The van der Waals surface area contributed by atoms with Gasteiger partial charge < -0.3 is 15.6 Å². The highest BCUT2D eigenvalue weighted by Gasteiger charge is 2.11. The second kappa shape index (κ2) is 7.14. The number of benzene rings is 1. The van der Waals surface area contributed by atoms with E-state index in [9.17, 15) is 4.79 Å². The van der Waals surface area contributed by atoms with Crippen molar-refractivity contribution in [1.82, 2.24) is 0 Å². The summed E-state index contributed by atoms with van der Waals surface area (Å²) in [5, 5.41) is 8.65. The van der Waals surface area contributed by atoms with E-state index in [2.05, 4.69) is 0 Å². The molecule has 1 unspecified atom stereocenters. The van der Waals surface area contributed by atoms with Crippen LogP contribution in [0.25, 0.3) is 0 Å². The number of ether oxygens (including phenoxy) is 1. The smallest absolute Gasteiger partial charge is 0.305 e. The second-order valence-corrected chi connectivity index (χ2v) is 3.94. The highest BCUT2D eigenvalue weighted by Crippen LogP contribution is 2.20. The molecule has 0 radical (unpaired) electrons. The van der Waals surface area contributed by atoms with Gasteiger partial charge in [-0.05, 0) is 31.5 Å². The minimum atomic E-state index is -0.900. The summed E-state index contributed by atoms with van der Waals surface area (Å²) in [4.78, 5) is 10.5. The summed E-state index contributed by atoms with van der Waals surface area (Å²) in [6, 6.07) is 6.74. The Bertz CT molecular complexity index is 369. The molecule has 0 spiro atoms. The van der Waals surface area contributed by atoms with Gasteiger partial charge >= 0.3 is 5.97 Å². The maximum absolute atomic E-state index is 10.5. The van der Waals surface area contributed by atoms with Crippen LogP contribution >= 0.6 is 12.4 Å². The fourth-order valence-corrected chi connectivity index (χ4v) is 1.40. The van der Waals surface area contributed by atoms with E-state index in [1.54, 1.807) is 12.1 Å². The highest BCUT2D eigenvalue weighted by atomic mass is 35.5. The first-order chi connectivity index (χ1) is 7.49. The monoisotopic (exact) mass is 259 g/mol. The largest absolute Gasteiger partial charge is 0.491 e. The van der Waals surface area contributed by atoms with E-state index in [1.165, 1.54) is 0 Å². The molecule has 0 saturated heterocycles. The average molecular weight is 260 g/mol. The Morgan fingerprint density at radius 2 is 2.12 bits per heavy atom. The summed E-state index contributed by atoms with van der Waals surface area (Å²) in [5.74, 6) is -0.184. The number of halogens is 1. The summed E-state index contributed by atoms with van der Waals surface area (Å²) >= 11 is 0. The van der Waals surface area contributed by atoms with Crippen LogP contribution in [0, 0.1) is 0 Å². The zero-order valence-electron chi connectivity index (χ0n) is 9.92. The zero-order chi connectivity index (χ0) is 12.1. The van der Waals surface area contributed by atoms with Crippen molar-refractivity contribution in [2.45, 2.75) is 32.4 Å². The lowest BCUT2D eigenvalue weighted by Crippen LogP contribution is -2.15. The number of carbonyl (C=O) groups is 1. The first-order valence-electron chi connectivity index (χ1n) is 5.23. The predicted molar refractivity (Wildman–Crippen MR) is 68.6 cm³/mol. The number of nitrogens with two attached hydrogens (primary N) is 1. The molecule has 1 rings (SSSR count). The lowest BCUT2D eigenvalue weighted by Gasteiger charge is -2.13. The van der Waals surface area contributed by atoms with Gasteiger partial charge in [0.25, 0.3) is 0 Å². The molecule has 0 saturated carbocycles. The van der Waals surface area contributed by atoms with Gasteiger partial charge in [0.1, 0.15) is 5.75 Å². The van der Waals surface area contributed by atoms with E-state index in [1.807, 2.05) is 26.0 Å². The minimum Gasteiger partial charge on any atom is -0.491 e. The van der Waals surface area contributed by atoms with E-state index in [0.717, 1.165) is 5.56 Å². The molecular weight excluding hydrogens is 242 g/mol. The van der Waals surface area contributed by atoms with Crippen molar-refractivity contribution in [2.24, 2.45) is 5.73 Å². The average Bonchev–Trinajstić information content (AvgIpc) is 2.16. The van der Waals surface area contributed by atoms with Crippen molar-refractivity contribution in [2.75, 3.05) is 0 Å². The maximum atomic E-state index is 10.5. The van der Waals surface area contributed by atoms with Crippen LogP contribution in [0.3, 0.4) is 0 Å². The summed E-state index contributed by atoms with van der Waals surface area (Å²) in [7, 11) is 0. The topological polar surface area (TPSA) is 72.5 Å². The Labute approximate surface area is 107 Å². The van der Waals surface area contributed by atoms with Gasteiger partial charge in [0.15, 0.2) is 0 Å². The standard InChI is InChI=1S/C12H17NO3.ClH/c1-8(2)16-10-5-3-4-9(6-10)11(13)7-12(14)15;/h3-6,8,11H,7,13H2,1-2H3,(H,14,15);1H. The van der Waals surface area contributed by atoms with Crippen LogP contribution in [0.15, 0.2) is 24.3 Å². The number of hydrogen-bond acceptors (Lipinski definition) is 3. The molecule has 96 valence electrons. The van der Waals surface area contributed by atoms with E-state index < -0.39 is 12.0 Å². The molecule has 0 amide bonds. The third-order valence-electron chi connectivity index (χ3n) is 2.05. The van der Waals surface area contributed by atoms with Crippen molar-refractivity contribution in [1.29, 1.82) is 0 Å². The van der Waals surface area contributed by atoms with E-state index in [4.69, 9.17) is 15.6 Å². The van der Waals surface area contributed by atoms with Crippen molar-refractivity contribution in [3.63, 3.8) is 0 Å². The van der Waals surface area contributed by atoms with E-state index in [0.29, 0.717) is 5.75 Å². The Hall–Kier alpha value is -1.26. The van der Waals surface area contributed by atoms with Gasteiger partial charge in [0.2, 0.25) is 0 Å². The van der Waals surface area contributed by atoms with Crippen LogP contribution in [0.5, 0.6) is 5.75 Å². The molecule has 0 aliphatic rings. The number of rotatable bonds is 5. The predicted octanol–water partition coefficient (Wildman–Crippen LogP) is 2.37. The molecule has 17 heavy (non-hydrogen) atoms. The van der Waals surface area contributed by atoms with Gasteiger partial charge in [0, 0.05) is 6.04 Å². The normalized spacial score (nSPS) is 11.8. The Morgan fingerprint density at radius 3 is 2.65 bits per heavy atom. The molecule has 5 heteroatoms. The molecule has 4 nitrogen and oxygen atoms in total. The number of hydrogen-bond donors (Lipinski definition) is 2. The lowest BCUT2D eigenvalue weighted by atomic mass is 10.0. The zero-order valence-corrected chi connectivity index (χ0v) is 10.7. The number of aliphatic carboxylic acids is 1. The quantitative estimate of drug-likeness (QED) is 0.852. The Morgan fingerprint density at radius 1 is 1.47 bits per heavy atom. The highest BCUT2D eigenvalue weighted by molar-refractivity contribution is 5.85. The van der Waals surface area contributed by atoms with Crippen LogP contribution < -0.4 is 10.5 Å². The number of carboxylic acids is 1. The van der Waals surface area contributed by atoms with Crippen LogP contribution in [0.4, 0.5) is 0 Å². The summed E-state index contributed by atoms with van der Waals surface area (Å²) in [6.07, 6.45) is 0.0106. The minimum absolute atomic E-state index is 0. The van der Waals surface area contributed by atoms with Crippen LogP contribution in [-0.2, 0) is 4.79 Å². The molecular formula is C12H18ClNO3. The van der Waals surface area contributed by atoms with Gasteiger partial charge in [-0.1, -0.05) is 12.1 Å². The van der Waals surface area contributed by atoms with Gasteiger partial charge in [0.05, 0.1) is 12.5 Å². The van der Waals surface area contributed by atoms with Crippen molar-refractivity contribution >= 4 is 18.4 Å². The third kappa shape index (κ3) is 5.56. The molecule has 0 heterocycles. The molecule has 1 atom stereocenters. The third-order valence-corrected chi connectivity index (χ3v) is 2.05. The van der Waals surface area contributed by atoms with Crippen molar-refractivity contribution in [3.05, 3.63) is 29.8 Å². The van der Waals surface area contributed by atoms with Crippen LogP contribution in [-0.4, -0.2) is 17.2 Å². The first-order valence-corrected chi connectivity index (χ1v) is 5.23. The molecule has 1 aromatic rings. The maximum Gasteiger partial charge on any atom is 0.305 e. The van der Waals surface area contributed by atoms with Crippen LogP contribution in [0.1, 0.15) is 31.9 Å². The summed E-state index contributed by atoms with van der Waals surface area (Å²) in [6.45, 7) is 3.87. The molecule has 0 bridgehead atoms. The van der Waals surface area contributed by atoms with Gasteiger partial charge in [-0.15, -0.1) is 12.4 Å². The molecule has 1 aromatic carbocycles. The molecule has 0 fully saturated rings. The molecule has 0 aromatic heterocycles. The van der Waals surface area contributed by atoms with Crippen LogP contribution in [0.2, 0.25) is 0 Å². The van der Waals surface area contributed by atoms with Crippen molar-refractivity contribution < 1.29 is 14.6 Å². The van der Waals surface area contributed by atoms with E-state index in [-0.39, 0.29) is 24.9 Å². The molecule has 3 N–H and O–H groups in total. The number of carboxylic acid groups (broad SMARTS) is 1. The fraction of sp³-hybridized carbons (Fsp3) is 0.417. The fourth-order valence-electron chi connectivity index (χ4n) is 1.40. The lowest BCUT2D eigenvalue weighted by molar-refractivity contribution is -0.137.